The molecule has 196 valence electrons. The van der Waals surface area contributed by atoms with Crippen molar-refractivity contribution in [3.8, 4) is 0 Å². The van der Waals surface area contributed by atoms with E-state index in [1.807, 2.05) is 11.8 Å². The highest BCUT2D eigenvalue weighted by molar-refractivity contribution is 8.02. The molecule has 3 unspecified atom stereocenters. The van der Waals surface area contributed by atoms with E-state index in [4.69, 9.17) is 0 Å². The van der Waals surface area contributed by atoms with Crippen LogP contribution in [-0.2, 0) is 14.4 Å². The molecule has 0 saturated carbocycles. The number of amides is 3. The van der Waals surface area contributed by atoms with Crippen molar-refractivity contribution < 1.29 is 19.5 Å². The molecule has 3 fully saturated rings. The minimum Gasteiger partial charge on any atom is -0.394 e. The molecule has 1 N–H and O–H groups in total. The Morgan fingerprint density at radius 2 is 1.91 bits per heavy atom. The highest BCUT2D eigenvalue weighted by atomic mass is 32.2. The van der Waals surface area contributed by atoms with E-state index < -0.39 is 28.7 Å². The Bertz CT molecular complexity index is 831. The molecule has 0 radical (unpaired) electrons. The summed E-state index contributed by atoms with van der Waals surface area (Å²) in [5.41, 5.74) is 0. The molecule has 2 bridgehead atoms. The second kappa shape index (κ2) is 11.5. The SMILES string of the molecule is C=CCN(C)C(=O)[C@@H]1[C@@H]2CC(C)C3(S2)C(C(=O)N(CC=C)CCCCC)N([C@@H](CC)CO)C(=O)[C@H]13. The zero-order valence-corrected chi connectivity index (χ0v) is 22.6. The fraction of sp³-hybridized carbons (Fsp3) is 0.741. The molecule has 0 aliphatic carbocycles. The van der Waals surface area contributed by atoms with Gasteiger partial charge in [-0.3, -0.25) is 14.4 Å². The number of thioether (sulfide) groups is 1. The van der Waals surface area contributed by atoms with Gasteiger partial charge in [0.05, 0.1) is 29.2 Å². The summed E-state index contributed by atoms with van der Waals surface area (Å²) >= 11 is 1.68. The van der Waals surface area contributed by atoms with Gasteiger partial charge in [-0.15, -0.1) is 24.9 Å². The number of hydrogen-bond acceptors (Lipinski definition) is 5. The first-order valence-electron chi connectivity index (χ1n) is 13.1. The topological polar surface area (TPSA) is 81.2 Å². The summed E-state index contributed by atoms with van der Waals surface area (Å²) < 4.78 is -0.666. The molecule has 3 heterocycles. The van der Waals surface area contributed by atoms with Gasteiger partial charge in [-0.05, 0) is 25.2 Å². The lowest BCUT2D eigenvalue weighted by Gasteiger charge is -2.42. The molecule has 7 nitrogen and oxygen atoms in total. The summed E-state index contributed by atoms with van der Waals surface area (Å²) in [5, 5.41) is 10.2. The predicted molar refractivity (Wildman–Crippen MR) is 141 cm³/mol. The van der Waals surface area contributed by atoms with Crippen molar-refractivity contribution in [1.29, 1.82) is 0 Å². The zero-order valence-electron chi connectivity index (χ0n) is 21.8. The molecule has 0 aromatic rings. The number of likely N-dealkylation sites (N-methyl/N-ethyl adjacent to an activating group) is 1. The van der Waals surface area contributed by atoms with E-state index in [0.717, 1.165) is 25.7 Å². The fourth-order valence-electron chi connectivity index (χ4n) is 6.54. The number of carbonyl (C=O) groups excluding carboxylic acids is 3. The molecule has 0 aromatic carbocycles. The minimum absolute atomic E-state index is 0.0123. The van der Waals surface area contributed by atoms with E-state index in [9.17, 15) is 19.5 Å². The minimum atomic E-state index is -0.689. The Balaban J connectivity index is 2.08. The molecule has 3 saturated heterocycles. The first-order valence-corrected chi connectivity index (χ1v) is 14.0. The highest BCUT2D eigenvalue weighted by Gasteiger charge is 2.76. The third-order valence-corrected chi connectivity index (χ3v) is 10.3. The molecular formula is C27H43N3O4S. The van der Waals surface area contributed by atoms with Crippen LogP contribution in [0, 0.1) is 17.8 Å². The number of fused-ring (bicyclic) bond motifs is 1. The van der Waals surface area contributed by atoms with Crippen LogP contribution in [0.2, 0.25) is 0 Å². The van der Waals surface area contributed by atoms with Gasteiger partial charge in [0.2, 0.25) is 17.7 Å². The second-order valence-electron chi connectivity index (χ2n) is 10.3. The van der Waals surface area contributed by atoms with Crippen LogP contribution >= 0.6 is 11.8 Å². The van der Waals surface area contributed by atoms with E-state index in [0.29, 0.717) is 26.1 Å². The van der Waals surface area contributed by atoms with Crippen molar-refractivity contribution in [2.45, 2.75) is 75.0 Å². The Labute approximate surface area is 215 Å². The van der Waals surface area contributed by atoms with Crippen LogP contribution in [0.4, 0.5) is 0 Å². The Morgan fingerprint density at radius 3 is 2.49 bits per heavy atom. The van der Waals surface area contributed by atoms with Crippen LogP contribution in [0.15, 0.2) is 25.3 Å². The normalized spacial score (nSPS) is 31.9. The summed E-state index contributed by atoms with van der Waals surface area (Å²) in [7, 11) is 1.75. The smallest absolute Gasteiger partial charge is 0.247 e. The average molecular weight is 506 g/mol. The number of aliphatic hydroxyl groups is 1. The standard InChI is InChI=1S/C27H43N3O4S/c1-7-11-12-15-29(14-9-3)26(34)23-27-18(5)16-20(35-27)21(24(32)28(6)13-8-2)22(27)25(33)30(23)19(10-4)17-31/h8-9,18-23,31H,2-3,7,10-17H2,1,4-6H3/t18?,19-,20-,21+,22-,23?,27?/m0/s1. The number of nitrogens with zero attached hydrogens (tertiary/aromatic N) is 3. The quantitative estimate of drug-likeness (QED) is 0.308. The third-order valence-electron chi connectivity index (χ3n) is 8.25. The third kappa shape index (κ3) is 4.57. The summed E-state index contributed by atoms with van der Waals surface area (Å²) in [6.07, 6.45) is 7.74. The van der Waals surface area contributed by atoms with Gasteiger partial charge < -0.3 is 19.8 Å². The van der Waals surface area contributed by atoms with Crippen LogP contribution in [0.1, 0.15) is 52.9 Å². The molecule has 3 rings (SSSR count). The number of carbonyl (C=O) groups is 3. The first-order chi connectivity index (χ1) is 16.7. The molecule has 3 aliphatic rings. The van der Waals surface area contributed by atoms with E-state index in [1.165, 1.54) is 0 Å². The Morgan fingerprint density at radius 1 is 1.23 bits per heavy atom. The number of unbranched alkanes of at least 4 members (excludes halogenated alkanes) is 2. The molecule has 3 aliphatic heterocycles. The lowest BCUT2D eigenvalue weighted by molar-refractivity contribution is -0.146. The maximum Gasteiger partial charge on any atom is 0.247 e. The van der Waals surface area contributed by atoms with Crippen LogP contribution < -0.4 is 0 Å². The number of hydrogen-bond donors (Lipinski definition) is 1. The molecule has 1 spiro atoms. The Hall–Kier alpha value is -1.80. The van der Waals surface area contributed by atoms with Gasteiger partial charge in [0, 0.05) is 31.9 Å². The van der Waals surface area contributed by atoms with Gasteiger partial charge in [0.1, 0.15) is 6.04 Å². The predicted octanol–water partition coefficient (Wildman–Crippen LogP) is 2.94. The maximum atomic E-state index is 14.3. The first kappa shape index (κ1) is 27.8. The van der Waals surface area contributed by atoms with Gasteiger partial charge in [-0.1, -0.05) is 45.8 Å². The fourth-order valence-corrected chi connectivity index (χ4v) is 8.93. The average Bonchev–Trinajstić information content (AvgIpc) is 3.43. The molecule has 8 heteroatoms. The number of aliphatic hydroxyl groups excluding tert-OH is 1. The van der Waals surface area contributed by atoms with Crippen molar-refractivity contribution in [3.63, 3.8) is 0 Å². The lowest BCUT2D eigenvalue weighted by Crippen LogP contribution is -2.59. The molecule has 0 aromatic heterocycles. The van der Waals surface area contributed by atoms with Crippen molar-refractivity contribution >= 4 is 29.5 Å². The summed E-state index contributed by atoms with van der Waals surface area (Å²) in [6, 6.07) is -1.14. The highest BCUT2D eigenvalue weighted by Crippen LogP contribution is 2.69. The van der Waals surface area contributed by atoms with E-state index in [-0.39, 0.29) is 35.5 Å². The van der Waals surface area contributed by atoms with E-state index >= 15 is 0 Å². The summed E-state index contributed by atoms with van der Waals surface area (Å²) in [6.45, 7) is 15.0. The van der Waals surface area contributed by atoms with Crippen LogP contribution in [0.25, 0.3) is 0 Å². The summed E-state index contributed by atoms with van der Waals surface area (Å²) in [4.78, 5) is 47.1. The van der Waals surface area contributed by atoms with Crippen LogP contribution in [0.3, 0.4) is 0 Å². The number of rotatable bonds is 13. The summed E-state index contributed by atoms with van der Waals surface area (Å²) in [5.74, 6) is -1.18. The second-order valence-corrected chi connectivity index (χ2v) is 11.9. The van der Waals surface area contributed by atoms with Crippen molar-refractivity contribution in [3.05, 3.63) is 25.3 Å². The van der Waals surface area contributed by atoms with Gasteiger partial charge in [-0.2, -0.15) is 0 Å². The van der Waals surface area contributed by atoms with E-state index in [2.05, 4.69) is 27.0 Å². The van der Waals surface area contributed by atoms with Crippen molar-refractivity contribution in [2.75, 3.05) is 33.3 Å². The van der Waals surface area contributed by atoms with Crippen LogP contribution in [-0.4, -0.2) is 92.9 Å². The molecular weight excluding hydrogens is 462 g/mol. The van der Waals surface area contributed by atoms with E-state index in [1.54, 1.807) is 40.8 Å². The molecule has 35 heavy (non-hydrogen) atoms. The van der Waals surface area contributed by atoms with Gasteiger partial charge in [-0.25, -0.2) is 0 Å². The van der Waals surface area contributed by atoms with Crippen LogP contribution in [0.5, 0.6) is 0 Å². The van der Waals surface area contributed by atoms with Crippen molar-refractivity contribution in [1.82, 2.24) is 14.7 Å². The van der Waals surface area contributed by atoms with Gasteiger partial charge >= 0.3 is 0 Å². The van der Waals surface area contributed by atoms with Gasteiger partial charge in [0.15, 0.2) is 0 Å². The van der Waals surface area contributed by atoms with Gasteiger partial charge in [0.25, 0.3) is 0 Å². The largest absolute Gasteiger partial charge is 0.394 e. The van der Waals surface area contributed by atoms with Crippen molar-refractivity contribution in [2.24, 2.45) is 17.8 Å². The molecule has 3 amide bonds. The number of likely N-dealkylation sites (tertiary alicyclic amines) is 1. The monoisotopic (exact) mass is 505 g/mol. The maximum absolute atomic E-state index is 14.3. The Kier molecular flexibility index (Phi) is 9.13. The molecule has 7 atom stereocenters. The lowest BCUT2D eigenvalue weighted by atomic mass is 9.65. The zero-order chi connectivity index (χ0) is 25.9.